The standard InChI is InChI=1S/C25H38O5/c1-15(26)30-17-9-10-23(2)16(13-17)5-6-18-19-7-8-21(25(4)28-11-12-29-25)24(19,3)22(27)14-20(18)23/h16-21H,5-14H2,1-4H3/t16-,17-,18?,19?,20?,21-,23-,24-/m0/s1. The summed E-state index contributed by atoms with van der Waals surface area (Å²) < 4.78 is 17.7. The number of esters is 1. The zero-order valence-corrected chi connectivity index (χ0v) is 19.1. The summed E-state index contributed by atoms with van der Waals surface area (Å²) in [5.41, 5.74) is -0.128. The molecule has 5 nitrogen and oxygen atoms in total. The summed E-state index contributed by atoms with van der Waals surface area (Å²) in [5.74, 6) is 1.94. The van der Waals surface area contributed by atoms with Crippen LogP contribution in [0, 0.1) is 40.4 Å². The number of carbonyl (C=O) groups is 2. The number of ether oxygens (including phenoxy) is 3. The first-order chi connectivity index (χ1) is 14.2. The van der Waals surface area contributed by atoms with Crippen LogP contribution in [0.5, 0.6) is 0 Å². The van der Waals surface area contributed by atoms with Crippen LogP contribution in [0.1, 0.15) is 79.1 Å². The molecule has 0 aromatic rings. The maximum Gasteiger partial charge on any atom is 0.302 e. The van der Waals surface area contributed by atoms with E-state index in [1.54, 1.807) is 0 Å². The van der Waals surface area contributed by atoms with Gasteiger partial charge in [0.05, 0.1) is 13.2 Å². The Morgan fingerprint density at radius 2 is 1.73 bits per heavy atom. The summed E-state index contributed by atoms with van der Waals surface area (Å²) in [6.07, 6.45) is 8.30. The van der Waals surface area contributed by atoms with Crippen LogP contribution in [0.4, 0.5) is 0 Å². The molecule has 5 aliphatic rings. The van der Waals surface area contributed by atoms with E-state index >= 15 is 0 Å². The summed E-state index contributed by atoms with van der Waals surface area (Å²) in [6.45, 7) is 9.52. The largest absolute Gasteiger partial charge is 0.463 e. The van der Waals surface area contributed by atoms with Gasteiger partial charge in [-0.3, -0.25) is 9.59 Å². The van der Waals surface area contributed by atoms with E-state index in [4.69, 9.17) is 14.2 Å². The molecule has 4 saturated carbocycles. The van der Waals surface area contributed by atoms with Gasteiger partial charge in [-0.15, -0.1) is 0 Å². The van der Waals surface area contributed by atoms with Crippen molar-refractivity contribution in [2.75, 3.05) is 13.2 Å². The second kappa shape index (κ2) is 7.03. The average molecular weight is 419 g/mol. The fourth-order valence-corrected chi connectivity index (χ4v) is 8.83. The van der Waals surface area contributed by atoms with Gasteiger partial charge in [-0.2, -0.15) is 0 Å². The van der Waals surface area contributed by atoms with Gasteiger partial charge in [0, 0.05) is 24.7 Å². The van der Waals surface area contributed by atoms with Crippen LogP contribution in [0.25, 0.3) is 0 Å². The highest BCUT2D eigenvalue weighted by Gasteiger charge is 2.67. The highest BCUT2D eigenvalue weighted by atomic mass is 16.7. The Bertz CT molecular complexity index is 727. The Labute approximate surface area is 180 Å². The second-order valence-corrected chi connectivity index (χ2v) is 11.4. The first-order valence-corrected chi connectivity index (χ1v) is 12.2. The quantitative estimate of drug-likeness (QED) is 0.617. The average Bonchev–Trinajstić information content (AvgIpc) is 3.28. The number of hydrogen-bond donors (Lipinski definition) is 0. The van der Waals surface area contributed by atoms with Crippen molar-refractivity contribution in [1.29, 1.82) is 0 Å². The van der Waals surface area contributed by atoms with E-state index < -0.39 is 5.79 Å². The van der Waals surface area contributed by atoms with Crippen molar-refractivity contribution >= 4 is 11.8 Å². The van der Waals surface area contributed by atoms with Crippen LogP contribution in [0.3, 0.4) is 0 Å². The SMILES string of the molecule is CC(=O)O[C@H]1CC[C@]2(C)C3CC(=O)[C@@]4(C)C(CC[C@@H]4C4(C)OCCO4)C3CC[C@H]2C1. The van der Waals surface area contributed by atoms with Crippen LogP contribution < -0.4 is 0 Å². The topological polar surface area (TPSA) is 61.8 Å². The Morgan fingerprint density at radius 3 is 2.43 bits per heavy atom. The smallest absolute Gasteiger partial charge is 0.302 e. The van der Waals surface area contributed by atoms with Gasteiger partial charge in [-0.1, -0.05) is 13.8 Å². The number of carbonyl (C=O) groups excluding carboxylic acids is 2. The van der Waals surface area contributed by atoms with Gasteiger partial charge in [-0.25, -0.2) is 0 Å². The number of fused-ring (bicyclic) bond motifs is 5. The predicted molar refractivity (Wildman–Crippen MR) is 111 cm³/mol. The van der Waals surface area contributed by atoms with Gasteiger partial charge in [0.25, 0.3) is 0 Å². The third-order valence-corrected chi connectivity index (χ3v) is 10.3. The molecule has 0 N–H and O–H groups in total. The summed E-state index contributed by atoms with van der Waals surface area (Å²) in [6, 6.07) is 0. The minimum Gasteiger partial charge on any atom is -0.463 e. The molecule has 1 heterocycles. The Hall–Kier alpha value is -0.940. The fraction of sp³-hybridized carbons (Fsp3) is 0.920. The Kier molecular flexibility index (Phi) is 4.91. The normalized spacial score (nSPS) is 49.8. The maximum absolute atomic E-state index is 13.8. The summed E-state index contributed by atoms with van der Waals surface area (Å²) >= 11 is 0. The van der Waals surface area contributed by atoms with Crippen molar-refractivity contribution in [3.05, 3.63) is 0 Å². The van der Waals surface area contributed by atoms with Crippen LogP contribution in [-0.2, 0) is 23.8 Å². The molecule has 30 heavy (non-hydrogen) atoms. The lowest BCUT2D eigenvalue weighted by atomic mass is 9.44. The third-order valence-electron chi connectivity index (χ3n) is 10.3. The summed E-state index contributed by atoms with van der Waals surface area (Å²) in [4.78, 5) is 25.3. The van der Waals surface area contributed by atoms with Gasteiger partial charge < -0.3 is 14.2 Å². The van der Waals surface area contributed by atoms with Crippen molar-refractivity contribution in [1.82, 2.24) is 0 Å². The molecule has 5 heteroatoms. The van der Waals surface area contributed by atoms with Crippen molar-refractivity contribution in [3.63, 3.8) is 0 Å². The van der Waals surface area contributed by atoms with Crippen molar-refractivity contribution in [2.24, 2.45) is 40.4 Å². The second-order valence-electron chi connectivity index (χ2n) is 11.4. The van der Waals surface area contributed by atoms with E-state index in [-0.39, 0.29) is 28.8 Å². The van der Waals surface area contributed by atoms with Crippen LogP contribution in [-0.4, -0.2) is 36.9 Å². The molecule has 0 amide bonds. The van der Waals surface area contributed by atoms with Gasteiger partial charge in [0.2, 0.25) is 0 Å². The van der Waals surface area contributed by atoms with E-state index in [1.807, 2.05) is 0 Å². The van der Waals surface area contributed by atoms with E-state index in [0.717, 1.165) is 32.1 Å². The number of rotatable bonds is 2. The lowest BCUT2D eigenvalue weighted by molar-refractivity contribution is -0.216. The first-order valence-electron chi connectivity index (χ1n) is 12.2. The molecule has 0 aromatic heterocycles. The predicted octanol–water partition coefficient (Wildman–Crippen LogP) is 4.52. The summed E-state index contributed by atoms with van der Waals surface area (Å²) in [7, 11) is 0. The molecule has 4 aliphatic carbocycles. The van der Waals surface area contributed by atoms with Crippen LogP contribution in [0.2, 0.25) is 0 Å². The number of hydrogen-bond acceptors (Lipinski definition) is 5. The van der Waals surface area contributed by atoms with Gasteiger partial charge in [0.1, 0.15) is 11.9 Å². The minimum atomic E-state index is -0.602. The monoisotopic (exact) mass is 418 g/mol. The lowest BCUT2D eigenvalue weighted by Crippen LogP contribution is -2.59. The molecule has 5 rings (SSSR count). The zero-order valence-electron chi connectivity index (χ0n) is 19.1. The molecule has 1 saturated heterocycles. The van der Waals surface area contributed by atoms with E-state index in [9.17, 15) is 9.59 Å². The van der Waals surface area contributed by atoms with Crippen LogP contribution >= 0.6 is 0 Å². The molecule has 0 radical (unpaired) electrons. The molecule has 0 spiro atoms. The lowest BCUT2D eigenvalue weighted by Gasteiger charge is -2.60. The van der Waals surface area contributed by atoms with Crippen molar-refractivity contribution < 1.29 is 23.8 Å². The Morgan fingerprint density at radius 1 is 1.00 bits per heavy atom. The maximum atomic E-state index is 13.8. The minimum absolute atomic E-state index is 0.0640. The fourth-order valence-electron chi connectivity index (χ4n) is 8.83. The Balaban J connectivity index is 1.40. The molecule has 5 fully saturated rings. The highest BCUT2D eigenvalue weighted by molar-refractivity contribution is 5.87. The van der Waals surface area contributed by atoms with E-state index in [0.29, 0.717) is 49.1 Å². The van der Waals surface area contributed by atoms with Crippen LogP contribution in [0.15, 0.2) is 0 Å². The number of Topliss-reactive ketones (excluding diaryl/α,β-unsaturated/α-hetero) is 1. The van der Waals surface area contributed by atoms with Gasteiger partial charge in [-0.05, 0) is 81.0 Å². The summed E-state index contributed by atoms with van der Waals surface area (Å²) in [5, 5.41) is 0. The highest BCUT2D eigenvalue weighted by Crippen LogP contribution is 2.68. The van der Waals surface area contributed by atoms with E-state index in [1.165, 1.54) is 19.8 Å². The third kappa shape index (κ3) is 2.87. The molecule has 0 bridgehead atoms. The number of ketones is 1. The van der Waals surface area contributed by atoms with Gasteiger partial charge >= 0.3 is 5.97 Å². The van der Waals surface area contributed by atoms with Gasteiger partial charge in [0.15, 0.2) is 5.79 Å². The molecular formula is C25H38O5. The first kappa shape index (κ1) is 20.9. The molecule has 1 aliphatic heterocycles. The molecular weight excluding hydrogens is 380 g/mol. The van der Waals surface area contributed by atoms with E-state index in [2.05, 4.69) is 20.8 Å². The molecule has 3 unspecified atom stereocenters. The molecule has 168 valence electrons. The van der Waals surface area contributed by atoms with Crippen molar-refractivity contribution in [3.8, 4) is 0 Å². The molecule has 0 aromatic carbocycles. The zero-order chi connectivity index (χ0) is 21.3. The van der Waals surface area contributed by atoms with Crippen molar-refractivity contribution in [2.45, 2.75) is 91.0 Å². The molecule has 8 atom stereocenters.